The number of rotatable bonds is 7. The number of primary amides is 2. The van der Waals surface area contributed by atoms with Gasteiger partial charge in [0.15, 0.2) is 22.3 Å². The highest BCUT2D eigenvalue weighted by atomic mass is 79.9. The van der Waals surface area contributed by atoms with Gasteiger partial charge in [-0.05, 0) is 40.2 Å². The Bertz CT molecular complexity index is 1210. The van der Waals surface area contributed by atoms with Gasteiger partial charge in [-0.15, -0.1) is 0 Å². The molecule has 3 aromatic rings. The van der Waals surface area contributed by atoms with Crippen LogP contribution in [0.5, 0.6) is 5.75 Å². The fourth-order valence-electron chi connectivity index (χ4n) is 2.82. The Labute approximate surface area is 190 Å². The SMILES string of the molecule is NC(=O)CC(Oc1ccc(F)c(C(N)=O)c1F)c1nc(-c2ccc(C(F)(F)F)cc2)c(Br)o1. The number of nitrogens with zero attached hydrogens (tertiary/aromatic N) is 1. The summed E-state index contributed by atoms with van der Waals surface area (Å²) >= 11 is 3.08. The lowest BCUT2D eigenvalue weighted by molar-refractivity contribution is -0.137. The molecule has 0 aliphatic heterocycles. The van der Waals surface area contributed by atoms with E-state index in [-0.39, 0.29) is 21.8 Å². The molecule has 2 aromatic carbocycles. The van der Waals surface area contributed by atoms with Crippen LogP contribution in [-0.4, -0.2) is 16.8 Å². The molecular formula is C20H13BrF5N3O4. The topological polar surface area (TPSA) is 121 Å². The van der Waals surface area contributed by atoms with Crippen LogP contribution in [0.15, 0.2) is 45.5 Å². The zero-order chi connectivity index (χ0) is 24.5. The maximum atomic E-state index is 14.5. The Morgan fingerprint density at radius 2 is 1.73 bits per heavy atom. The van der Waals surface area contributed by atoms with Gasteiger partial charge in [-0.1, -0.05) is 12.1 Å². The molecule has 2 amide bonds. The van der Waals surface area contributed by atoms with E-state index in [1.54, 1.807) is 0 Å². The Morgan fingerprint density at radius 3 is 2.27 bits per heavy atom. The number of hydrogen-bond donors (Lipinski definition) is 2. The van der Waals surface area contributed by atoms with Crippen LogP contribution >= 0.6 is 15.9 Å². The molecule has 1 atom stereocenters. The molecule has 33 heavy (non-hydrogen) atoms. The van der Waals surface area contributed by atoms with Crippen molar-refractivity contribution >= 4 is 27.7 Å². The number of benzene rings is 2. The maximum Gasteiger partial charge on any atom is 0.416 e. The van der Waals surface area contributed by atoms with Crippen molar-refractivity contribution in [2.75, 3.05) is 0 Å². The van der Waals surface area contributed by atoms with E-state index in [4.69, 9.17) is 20.6 Å². The number of ether oxygens (including phenoxy) is 1. The van der Waals surface area contributed by atoms with Crippen molar-refractivity contribution in [3.63, 3.8) is 0 Å². The smallest absolute Gasteiger partial charge is 0.416 e. The standard InChI is InChI=1S/C20H13BrF5N3O4/c21-17-16(8-1-3-9(4-2-8)20(24,25)26)29-19(33-17)12(7-13(27)30)32-11-6-5-10(22)14(15(11)23)18(28)31/h1-6,12H,7H2,(H2,27,30)(H2,28,31). The van der Waals surface area contributed by atoms with Crippen molar-refractivity contribution in [1.29, 1.82) is 0 Å². The third kappa shape index (κ3) is 5.30. The lowest BCUT2D eigenvalue weighted by Crippen LogP contribution is -2.21. The number of oxazole rings is 1. The number of carbonyl (C=O) groups is 2. The molecule has 1 heterocycles. The fourth-order valence-corrected chi connectivity index (χ4v) is 3.30. The van der Waals surface area contributed by atoms with E-state index in [9.17, 15) is 31.5 Å². The van der Waals surface area contributed by atoms with E-state index >= 15 is 0 Å². The summed E-state index contributed by atoms with van der Waals surface area (Å²) in [7, 11) is 0. The van der Waals surface area contributed by atoms with E-state index in [1.807, 2.05) is 0 Å². The van der Waals surface area contributed by atoms with E-state index in [0.29, 0.717) is 0 Å². The Kier molecular flexibility index (Phi) is 6.72. The summed E-state index contributed by atoms with van der Waals surface area (Å²) < 4.78 is 77.4. The summed E-state index contributed by atoms with van der Waals surface area (Å²) in [5, 5.41) is 0. The van der Waals surface area contributed by atoms with Crippen molar-refractivity contribution in [3.05, 3.63) is 69.7 Å². The number of halogens is 6. The highest BCUT2D eigenvalue weighted by Crippen LogP contribution is 2.36. The van der Waals surface area contributed by atoms with Crippen molar-refractivity contribution in [3.8, 4) is 17.0 Å². The Hall–Kier alpha value is -3.48. The number of alkyl halides is 3. The zero-order valence-electron chi connectivity index (χ0n) is 16.3. The van der Waals surface area contributed by atoms with Crippen LogP contribution in [0, 0.1) is 11.6 Å². The molecule has 0 aliphatic rings. The van der Waals surface area contributed by atoms with E-state index in [0.717, 1.165) is 36.4 Å². The molecule has 0 saturated carbocycles. The van der Waals surface area contributed by atoms with Crippen LogP contribution in [0.4, 0.5) is 22.0 Å². The van der Waals surface area contributed by atoms with Gasteiger partial charge in [0.2, 0.25) is 11.8 Å². The van der Waals surface area contributed by atoms with Crippen LogP contribution in [0.3, 0.4) is 0 Å². The fraction of sp³-hybridized carbons (Fsp3) is 0.150. The predicted molar refractivity (Wildman–Crippen MR) is 107 cm³/mol. The molecule has 3 rings (SSSR count). The number of amides is 2. The van der Waals surface area contributed by atoms with Crippen molar-refractivity contribution in [1.82, 2.24) is 4.98 Å². The quantitative estimate of drug-likeness (QED) is 0.433. The zero-order valence-corrected chi connectivity index (χ0v) is 17.8. The molecule has 13 heteroatoms. The second-order valence-corrected chi connectivity index (χ2v) is 7.35. The number of hydrogen-bond acceptors (Lipinski definition) is 5. The minimum atomic E-state index is -4.53. The first-order chi connectivity index (χ1) is 15.4. The summed E-state index contributed by atoms with van der Waals surface area (Å²) in [5.41, 5.74) is 8.54. The average Bonchev–Trinajstić information content (AvgIpc) is 3.10. The van der Waals surface area contributed by atoms with Crippen LogP contribution in [0.2, 0.25) is 0 Å². The molecule has 174 valence electrons. The van der Waals surface area contributed by atoms with Gasteiger partial charge in [0.1, 0.15) is 17.1 Å². The van der Waals surface area contributed by atoms with Gasteiger partial charge in [0.05, 0.1) is 12.0 Å². The molecule has 0 bridgehead atoms. The Balaban J connectivity index is 1.98. The summed E-state index contributed by atoms with van der Waals surface area (Å²) in [6.07, 6.45) is -6.53. The molecule has 7 nitrogen and oxygen atoms in total. The molecular weight excluding hydrogens is 521 g/mol. The van der Waals surface area contributed by atoms with Gasteiger partial charge in [0.25, 0.3) is 5.91 Å². The van der Waals surface area contributed by atoms with Gasteiger partial charge < -0.3 is 20.6 Å². The largest absolute Gasteiger partial charge is 0.477 e. The van der Waals surface area contributed by atoms with Gasteiger partial charge in [-0.2, -0.15) is 13.2 Å². The predicted octanol–water partition coefficient (Wildman–Crippen LogP) is 4.50. The molecule has 0 fully saturated rings. The van der Waals surface area contributed by atoms with Crippen molar-refractivity contribution < 1.29 is 40.7 Å². The van der Waals surface area contributed by atoms with Crippen LogP contribution < -0.4 is 16.2 Å². The molecule has 0 saturated heterocycles. The summed E-state index contributed by atoms with van der Waals surface area (Å²) in [6.45, 7) is 0. The second-order valence-electron chi connectivity index (χ2n) is 6.63. The molecule has 0 radical (unpaired) electrons. The van der Waals surface area contributed by atoms with E-state index in [1.165, 1.54) is 0 Å². The van der Waals surface area contributed by atoms with Crippen LogP contribution in [-0.2, 0) is 11.0 Å². The molecule has 0 spiro atoms. The molecule has 0 aliphatic carbocycles. The summed E-state index contributed by atoms with van der Waals surface area (Å²) in [4.78, 5) is 26.9. The number of carbonyl (C=O) groups excluding carboxylic acids is 2. The minimum absolute atomic E-state index is 0.0206. The van der Waals surface area contributed by atoms with Gasteiger partial charge in [-0.3, -0.25) is 9.59 Å². The van der Waals surface area contributed by atoms with E-state index in [2.05, 4.69) is 20.9 Å². The van der Waals surface area contributed by atoms with Crippen molar-refractivity contribution in [2.45, 2.75) is 18.7 Å². The maximum absolute atomic E-state index is 14.5. The molecule has 1 aromatic heterocycles. The third-order valence-electron chi connectivity index (χ3n) is 4.32. The summed E-state index contributed by atoms with van der Waals surface area (Å²) in [5.74, 6) is -5.84. The van der Waals surface area contributed by atoms with Crippen LogP contribution in [0.25, 0.3) is 11.3 Å². The molecule has 4 N–H and O–H groups in total. The lowest BCUT2D eigenvalue weighted by atomic mass is 10.1. The molecule has 1 unspecified atom stereocenters. The normalized spacial score (nSPS) is 12.4. The van der Waals surface area contributed by atoms with Gasteiger partial charge in [-0.25, -0.2) is 13.8 Å². The summed E-state index contributed by atoms with van der Waals surface area (Å²) in [6, 6.07) is 5.58. The third-order valence-corrected chi connectivity index (χ3v) is 4.86. The highest BCUT2D eigenvalue weighted by molar-refractivity contribution is 9.10. The van der Waals surface area contributed by atoms with Crippen molar-refractivity contribution in [2.24, 2.45) is 11.5 Å². The van der Waals surface area contributed by atoms with Crippen LogP contribution in [0.1, 0.15) is 34.3 Å². The first-order valence-corrected chi connectivity index (χ1v) is 9.74. The Morgan fingerprint density at radius 1 is 1.09 bits per heavy atom. The van der Waals surface area contributed by atoms with Gasteiger partial charge in [0, 0.05) is 5.56 Å². The second kappa shape index (κ2) is 9.17. The van der Waals surface area contributed by atoms with Gasteiger partial charge >= 0.3 is 6.18 Å². The minimum Gasteiger partial charge on any atom is -0.477 e. The lowest BCUT2D eigenvalue weighted by Gasteiger charge is -2.16. The first-order valence-electron chi connectivity index (χ1n) is 8.95. The monoisotopic (exact) mass is 533 g/mol. The average molecular weight is 534 g/mol. The number of nitrogens with two attached hydrogens (primary N) is 2. The highest BCUT2D eigenvalue weighted by Gasteiger charge is 2.31. The number of aromatic nitrogens is 1. The first kappa shape index (κ1) is 24.2. The van der Waals surface area contributed by atoms with E-state index < -0.39 is 59.0 Å².